The van der Waals surface area contributed by atoms with E-state index in [-0.39, 0.29) is 11.7 Å². The maximum absolute atomic E-state index is 12.3. The van der Waals surface area contributed by atoms with Crippen LogP contribution in [0.25, 0.3) is 0 Å². The van der Waals surface area contributed by atoms with E-state index in [9.17, 15) is 9.59 Å². The topological polar surface area (TPSA) is 64.6 Å². The van der Waals surface area contributed by atoms with Crippen molar-refractivity contribution in [2.75, 3.05) is 19.0 Å². The number of carbonyl (C=O) groups is 2. The first kappa shape index (κ1) is 16.5. The molecule has 1 amide bonds. The van der Waals surface area contributed by atoms with Gasteiger partial charge in [0.1, 0.15) is 0 Å². The molecule has 0 saturated heterocycles. The Kier molecular flexibility index (Phi) is 5.36. The first-order chi connectivity index (χ1) is 11.0. The van der Waals surface area contributed by atoms with Gasteiger partial charge >= 0.3 is 0 Å². The molecule has 5 heteroatoms. The second kappa shape index (κ2) is 7.45. The highest BCUT2D eigenvalue weighted by molar-refractivity contribution is 6.05. The van der Waals surface area contributed by atoms with Crippen LogP contribution in [0.3, 0.4) is 0 Å². The molecule has 0 atom stereocenters. The second-order valence-electron chi connectivity index (χ2n) is 4.89. The summed E-state index contributed by atoms with van der Waals surface area (Å²) in [4.78, 5) is 23.7. The van der Waals surface area contributed by atoms with Crippen molar-refractivity contribution in [3.8, 4) is 11.5 Å². The van der Waals surface area contributed by atoms with E-state index in [4.69, 9.17) is 9.47 Å². The first-order valence-electron chi connectivity index (χ1n) is 7.28. The molecule has 0 bridgehead atoms. The van der Waals surface area contributed by atoms with E-state index in [1.807, 2.05) is 6.92 Å². The number of anilines is 1. The smallest absolute Gasteiger partial charge is 0.255 e. The molecule has 0 aliphatic carbocycles. The van der Waals surface area contributed by atoms with Crippen LogP contribution in [0.2, 0.25) is 0 Å². The van der Waals surface area contributed by atoms with Crippen molar-refractivity contribution in [2.45, 2.75) is 13.8 Å². The zero-order valence-corrected chi connectivity index (χ0v) is 13.4. The van der Waals surface area contributed by atoms with E-state index in [1.54, 1.807) is 42.5 Å². The number of benzene rings is 2. The van der Waals surface area contributed by atoms with Crippen LogP contribution in [0.15, 0.2) is 42.5 Å². The summed E-state index contributed by atoms with van der Waals surface area (Å²) in [5, 5.41) is 2.77. The fourth-order valence-electron chi connectivity index (χ4n) is 2.10. The third kappa shape index (κ3) is 4.10. The van der Waals surface area contributed by atoms with Gasteiger partial charge in [-0.3, -0.25) is 9.59 Å². The molecule has 2 aromatic rings. The van der Waals surface area contributed by atoms with Crippen LogP contribution in [-0.2, 0) is 0 Å². The lowest BCUT2D eigenvalue weighted by atomic mass is 10.1. The lowest BCUT2D eigenvalue weighted by Crippen LogP contribution is -2.12. The van der Waals surface area contributed by atoms with Crippen molar-refractivity contribution in [3.63, 3.8) is 0 Å². The van der Waals surface area contributed by atoms with Gasteiger partial charge in [-0.2, -0.15) is 0 Å². The lowest BCUT2D eigenvalue weighted by Gasteiger charge is -2.11. The van der Waals surface area contributed by atoms with E-state index in [2.05, 4.69) is 5.32 Å². The molecule has 0 unspecified atom stereocenters. The molecule has 0 aliphatic heterocycles. The molecular formula is C18H19NO4. The summed E-state index contributed by atoms with van der Waals surface area (Å²) in [5.41, 5.74) is 1.56. The van der Waals surface area contributed by atoms with Gasteiger partial charge in [0.15, 0.2) is 17.3 Å². The minimum absolute atomic E-state index is 0.0520. The predicted octanol–water partition coefficient (Wildman–Crippen LogP) is 3.55. The summed E-state index contributed by atoms with van der Waals surface area (Å²) < 4.78 is 10.7. The minimum Gasteiger partial charge on any atom is -0.493 e. The molecule has 0 spiro atoms. The van der Waals surface area contributed by atoms with Gasteiger partial charge in [-0.25, -0.2) is 0 Å². The number of Topliss-reactive ketones (excluding diaryl/α,β-unsaturated/α-hetero) is 1. The van der Waals surface area contributed by atoms with E-state index >= 15 is 0 Å². The fraction of sp³-hybridized carbons (Fsp3) is 0.222. The molecule has 2 rings (SSSR count). The molecule has 1 N–H and O–H groups in total. The summed E-state index contributed by atoms with van der Waals surface area (Å²) in [7, 11) is 1.52. The standard InChI is InChI=1S/C18H19NO4/c1-4-23-16-9-8-14(11-17(16)22-3)18(21)19-15-7-5-6-13(10-15)12(2)20/h5-11H,4H2,1-3H3,(H,19,21). The summed E-state index contributed by atoms with van der Waals surface area (Å²) in [6, 6.07) is 11.8. The molecule has 120 valence electrons. The summed E-state index contributed by atoms with van der Waals surface area (Å²) in [5.74, 6) is 0.748. The molecular weight excluding hydrogens is 294 g/mol. The Morgan fingerprint density at radius 2 is 1.83 bits per heavy atom. The highest BCUT2D eigenvalue weighted by Gasteiger charge is 2.12. The SMILES string of the molecule is CCOc1ccc(C(=O)Nc2cccc(C(C)=O)c2)cc1OC. The Hall–Kier alpha value is -2.82. The van der Waals surface area contributed by atoms with Gasteiger partial charge in [0, 0.05) is 16.8 Å². The zero-order chi connectivity index (χ0) is 16.8. The maximum atomic E-state index is 12.3. The molecule has 0 heterocycles. The van der Waals surface area contributed by atoms with Gasteiger partial charge in [0.05, 0.1) is 13.7 Å². The highest BCUT2D eigenvalue weighted by Crippen LogP contribution is 2.28. The van der Waals surface area contributed by atoms with Crippen molar-refractivity contribution in [3.05, 3.63) is 53.6 Å². The number of rotatable bonds is 6. The number of methoxy groups -OCH3 is 1. The summed E-state index contributed by atoms with van der Waals surface area (Å²) in [6.45, 7) is 3.88. The molecule has 0 saturated carbocycles. The number of nitrogens with one attached hydrogen (secondary N) is 1. The number of ketones is 1. The highest BCUT2D eigenvalue weighted by atomic mass is 16.5. The molecule has 0 aliphatic rings. The Bertz CT molecular complexity index is 725. The van der Waals surface area contributed by atoms with E-state index < -0.39 is 0 Å². The van der Waals surface area contributed by atoms with Crippen molar-refractivity contribution < 1.29 is 19.1 Å². The summed E-state index contributed by atoms with van der Waals surface area (Å²) >= 11 is 0. The number of amides is 1. The van der Waals surface area contributed by atoms with Crippen molar-refractivity contribution >= 4 is 17.4 Å². The quantitative estimate of drug-likeness (QED) is 0.828. The van der Waals surface area contributed by atoms with Crippen molar-refractivity contribution in [2.24, 2.45) is 0 Å². The van der Waals surface area contributed by atoms with Crippen molar-refractivity contribution in [1.82, 2.24) is 0 Å². The van der Waals surface area contributed by atoms with Gasteiger partial charge in [-0.15, -0.1) is 0 Å². The molecule has 5 nitrogen and oxygen atoms in total. The van der Waals surface area contributed by atoms with E-state index in [0.29, 0.717) is 34.9 Å². The Morgan fingerprint density at radius 1 is 1.04 bits per heavy atom. The van der Waals surface area contributed by atoms with E-state index in [1.165, 1.54) is 14.0 Å². The Morgan fingerprint density at radius 3 is 2.48 bits per heavy atom. The molecule has 2 aromatic carbocycles. The minimum atomic E-state index is -0.285. The van der Waals surface area contributed by atoms with Crippen LogP contribution in [0, 0.1) is 0 Å². The van der Waals surface area contributed by atoms with Gasteiger partial charge in [-0.05, 0) is 44.2 Å². The molecule has 0 radical (unpaired) electrons. The Balaban J connectivity index is 2.20. The normalized spacial score (nSPS) is 10.0. The van der Waals surface area contributed by atoms with Crippen LogP contribution in [0.4, 0.5) is 5.69 Å². The molecule has 23 heavy (non-hydrogen) atoms. The second-order valence-corrected chi connectivity index (χ2v) is 4.89. The number of hydrogen-bond donors (Lipinski definition) is 1. The first-order valence-corrected chi connectivity index (χ1v) is 7.28. The largest absolute Gasteiger partial charge is 0.493 e. The zero-order valence-electron chi connectivity index (χ0n) is 13.4. The number of carbonyl (C=O) groups excluding carboxylic acids is 2. The van der Waals surface area contributed by atoms with E-state index in [0.717, 1.165) is 0 Å². The van der Waals surface area contributed by atoms with Crippen LogP contribution in [0.1, 0.15) is 34.6 Å². The lowest BCUT2D eigenvalue weighted by molar-refractivity contribution is 0.101. The monoisotopic (exact) mass is 313 g/mol. The van der Waals surface area contributed by atoms with Crippen molar-refractivity contribution in [1.29, 1.82) is 0 Å². The Labute approximate surface area is 135 Å². The fourth-order valence-corrected chi connectivity index (χ4v) is 2.10. The average Bonchev–Trinajstić information content (AvgIpc) is 2.55. The van der Waals surface area contributed by atoms with Gasteiger partial charge < -0.3 is 14.8 Å². The van der Waals surface area contributed by atoms with Gasteiger partial charge in [-0.1, -0.05) is 12.1 Å². The summed E-state index contributed by atoms with van der Waals surface area (Å²) in [6.07, 6.45) is 0. The number of hydrogen-bond acceptors (Lipinski definition) is 4. The van der Waals surface area contributed by atoms with Crippen LogP contribution in [-0.4, -0.2) is 25.4 Å². The number of ether oxygens (including phenoxy) is 2. The van der Waals surface area contributed by atoms with Crippen LogP contribution < -0.4 is 14.8 Å². The maximum Gasteiger partial charge on any atom is 0.255 e. The van der Waals surface area contributed by atoms with Crippen LogP contribution in [0.5, 0.6) is 11.5 Å². The van der Waals surface area contributed by atoms with Gasteiger partial charge in [0.2, 0.25) is 0 Å². The van der Waals surface area contributed by atoms with Gasteiger partial charge in [0.25, 0.3) is 5.91 Å². The van der Waals surface area contributed by atoms with Crippen LogP contribution >= 0.6 is 0 Å². The third-order valence-electron chi connectivity index (χ3n) is 3.25. The molecule has 0 aromatic heterocycles. The average molecular weight is 313 g/mol. The molecule has 0 fully saturated rings. The third-order valence-corrected chi connectivity index (χ3v) is 3.25. The predicted molar refractivity (Wildman–Crippen MR) is 88.6 cm³/mol.